The van der Waals surface area contributed by atoms with Gasteiger partial charge in [0.15, 0.2) is 11.5 Å². The van der Waals surface area contributed by atoms with Gasteiger partial charge in [0.05, 0.1) is 39.0 Å². The van der Waals surface area contributed by atoms with Crippen LogP contribution < -0.4 is 9.47 Å². The van der Waals surface area contributed by atoms with Gasteiger partial charge in [-0.2, -0.15) is 0 Å². The molecule has 0 saturated carbocycles. The zero-order chi connectivity index (χ0) is 27.1. The summed E-state index contributed by atoms with van der Waals surface area (Å²) >= 11 is 0. The SMILES string of the molecule is CCOc1ccc([C@@H]2c3[nH]c4ccccc4c3C[C@H]3C(=O)N(C[C@H](O)c4ccccc4)CC(=O)N23)cc1OC. The van der Waals surface area contributed by atoms with Crippen molar-refractivity contribution in [3.63, 3.8) is 0 Å². The topological polar surface area (TPSA) is 95.1 Å². The lowest BCUT2D eigenvalue weighted by Crippen LogP contribution is -2.63. The molecule has 1 aromatic heterocycles. The normalized spacial score (nSPS) is 19.6. The van der Waals surface area contributed by atoms with Crippen molar-refractivity contribution in [1.82, 2.24) is 14.8 Å². The molecule has 3 atom stereocenters. The summed E-state index contributed by atoms with van der Waals surface area (Å²) in [6.07, 6.45) is -0.486. The second-order valence-electron chi connectivity index (χ2n) is 9.97. The Morgan fingerprint density at radius 1 is 1.03 bits per heavy atom. The minimum absolute atomic E-state index is 0.0568. The first-order valence-corrected chi connectivity index (χ1v) is 13.2. The van der Waals surface area contributed by atoms with Crippen molar-refractivity contribution in [2.75, 3.05) is 26.8 Å². The number of methoxy groups -OCH3 is 1. The average Bonchev–Trinajstić information content (AvgIpc) is 3.34. The Labute approximate surface area is 226 Å². The third-order valence-corrected chi connectivity index (χ3v) is 7.72. The summed E-state index contributed by atoms with van der Waals surface area (Å²) in [5, 5.41) is 11.9. The Bertz CT molecular complexity index is 1530. The molecule has 6 rings (SSSR count). The van der Waals surface area contributed by atoms with Crippen molar-refractivity contribution in [3.05, 3.63) is 95.2 Å². The third kappa shape index (κ3) is 4.30. The minimum Gasteiger partial charge on any atom is -0.493 e. The van der Waals surface area contributed by atoms with E-state index in [1.165, 1.54) is 4.90 Å². The van der Waals surface area contributed by atoms with Crippen LogP contribution in [0.5, 0.6) is 11.5 Å². The number of ether oxygens (including phenoxy) is 2. The first-order chi connectivity index (χ1) is 19.0. The number of fused-ring (bicyclic) bond motifs is 4. The summed E-state index contributed by atoms with van der Waals surface area (Å²) in [6, 6.07) is 21.7. The molecule has 3 heterocycles. The molecule has 2 aliphatic heterocycles. The number of aliphatic hydroxyl groups excluding tert-OH is 1. The van der Waals surface area contributed by atoms with Gasteiger partial charge in [-0.1, -0.05) is 54.6 Å². The van der Waals surface area contributed by atoms with Crippen molar-refractivity contribution in [1.29, 1.82) is 0 Å². The van der Waals surface area contributed by atoms with E-state index in [4.69, 9.17) is 9.47 Å². The number of aliphatic hydroxyl groups is 1. The van der Waals surface area contributed by atoms with Crippen molar-refractivity contribution in [3.8, 4) is 11.5 Å². The molecule has 2 amide bonds. The number of hydrogen-bond donors (Lipinski definition) is 2. The second-order valence-corrected chi connectivity index (χ2v) is 9.97. The van der Waals surface area contributed by atoms with Crippen LogP contribution in [-0.2, 0) is 16.0 Å². The lowest BCUT2D eigenvalue weighted by Gasteiger charge is -2.47. The van der Waals surface area contributed by atoms with Crippen LogP contribution in [0.2, 0.25) is 0 Å². The van der Waals surface area contributed by atoms with Crippen LogP contribution in [0.3, 0.4) is 0 Å². The van der Waals surface area contributed by atoms with E-state index < -0.39 is 18.2 Å². The predicted molar refractivity (Wildman–Crippen MR) is 147 cm³/mol. The molecule has 0 unspecified atom stereocenters. The largest absolute Gasteiger partial charge is 0.493 e. The maximum atomic E-state index is 13.9. The van der Waals surface area contributed by atoms with Gasteiger partial charge in [-0.15, -0.1) is 0 Å². The fourth-order valence-corrected chi connectivity index (χ4v) is 5.94. The van der Waals surface area contributed by atoms with Crippen LogP contribution in [0.1, 0.15) is 41.5 Å². The number of para-hydroxylation sites is 1. The van der Waals surface area contributed by atoms with Crippen LogP contribution in [0.15, 0.2) is 72.8 Å². The van der Waals surface area contributed by atoms with Crippen LogP contribution in [0.25, 0.3) is 10.9 Å². The summed E-state index contributed by atoms with van der Waals surface area (Å²) in [4.78, 5) is 34.5. The summed E-state index contributed by atoms with van der Waals surface area (Å²) in [5.41, 5.74) is 4.42. The monoisotopic (exact) mass is 525 g/mol. The first kappa shape index (κ1) is 25.0. The molecule has 200 valence electrons. The zero-order valence-electron chi connectivity index (χ0n) is 22.0. The quantitative estimate of drug-likeness (QED) is 0.381. The number of carbonyl (C=O) groups is 2. The highest BCUT2D eigenvalue weighted by Gasteiger charge is 2.48. The van der Waals surface area contributed by atoms with Gasteiger partial charge in [-0.3, -0.25) is 9.59 Å². The van der Waals surface area contributed by atoms with E-state index in [1.54, 1.807) is 12.0 Å². The molecular formula is C31H31N3O5. The number of nitrogens with zero attached hydrogens (tertiary/aromatic N) is 2. The van der Waals surface area contributed by atoms with Crippen LogP contribution in [0.4, 0.5) is 0 Å². The average molecular weight is 526 g/mol. The van der Waals surface area contributed by atoms with E-state index >= 15 is 0 Å². The number of rotatable bonds is 7. The number of benzene rings is 3. The molecule has 8 heteroatoms. The molecule has 4 aromatic rings. The maximum absolute atomic E-state index is 13.9. The van der Waals surface area contributed by atoms with Gasteiger partial charge in [0, 0.05) is 23.0 Å². The van der Waals surface area contributed by atoms with Crippen LogP contribution in [-0.4, -0.2) is 64.6 Å². The van der Waals surface area contributed by atoms with E-state index in [0.717, 1.165) is 27.7 Å². The Kier molecular flexibility index (Phi) is 6.48. The summed E-state index contributed by atoms with van der Waals surface area (Å²) in [7, 11) is 1.59. The molecule has 8 nitrogen and oxygen atoms in total. The van der Waals surface area contributed by atoms with Gasteiger partial charge >= 0.3 is 0 Å². The van der Waals surface area contributed by atoms with Gasteiger partial charge in [-0.05, 0) is 41.8 Å². The highest BCUT2D eigenvalue weighted by atomic mass is 16.5. The third-order valence-electron chi connectivity index (χ3n) is 7.72. The van der Waals surface area contributed by atoms with Gasteiger partial charge in [-0.25, -0.2) is 0 Å². The van der Waals surface area contributed by atoms with E-state index in [1.807, 2.05) is 79.7 Å². The summed E-state index contributed by atoms with van der Waals surface area (Å²) < 4.78 is 11.3. The number of carbonyl (C=O) groups excluding carboxylic acids is 2. The molecule has 2 aliphatic rings. The number of amides is 2. The zero-order valence-corrected chi connectivity index (χ0v) is 22.0. The van der Waals surface area contributed by atoms with Crippen molar-refractivity contribution in [2.24, 2.45) is 0 Å². The maximum Gasteiger partial charge on any atom is 0.246 e. The number of H-pyrrole nitrogens is 1. The summed E-state index contributed by atoms with van der Waals surface area (Å²) in [6.45, 7) is 2.37. The molecule has 0 spiro atoms. The fraction of sp³-hybridized carbons (Fsp3) is 0.290. The van der Waals surface area contributed by atoms with Gasteiger partial charge in [0.1, 0.15) is 6.04 Å². The Morgan fingerprint density at radius 2 is 1.79 bits per heavy atom. The highest BCUT2D eigenvalue weighted by Crippen LogP contribution is 2.44. The Balaban J connectivity index is 1.42. The van der Waals surface area contributed by atoms with E-state index in [0.29, 0.717) is 30.1 Å². The molecule has 39 heavy (non-hydrogen) atoms. The van der Waals surface area contributed by atoms with Crippen LogP contribution in [0, 0.1) is 0 Å². The predicted octanol–water partition coefficient (Wildman–Crippen LogP) is 3.99. The standard InChI is InChI=1S/C31H31N3O5/c1-3-39-26-14-13-20(15-27(26)38-2)30-29-22(21-11-7-8-12-23(21)32-29)16-24-31(37)33(18-28(36)34(24)30)17-25(35)19-9-5-4-6-10-19/h4-15,24-25,30,32,35H,3,16-18H2,1-2H3/t24-,25-,30+/m0/s1. The smallest absolute Gasteiger partial charge is 0.246 e. The number of β-amino-alcohol motifs (C(OH)–C–C–N with tert-alkyl or cyclic N) is 1. The number of aromatic amines is 1. The lowest BCUT2D eigenvalue weighted by molar-refractivity contribution is -0.159. The van der Waals surface area contributed by atoms with Gasteiger partial charge < -0.3 is 29.4 Å². The molecule has 0 bridgehead atoms. The molecule has 0 aliphatic carbocycles. The lowest BCUT2D eigenvalue weighted by atomic mass is 9.86. The van der Waals surface area contributed by atoms with Crippen molar-refractivity contribution >= 4 is 22.7 Å². The first-order valence-electron chi connectivity index (χ1n) is 13.2. The highest BCUT2D eigenvalue weighted by molar-refractivity contribution is 5.97. The van der Waals surface area contributed by atoms with E-state index in [2.05, 4.69) is 4.98 Å². The van der Waals surface area contributed by atoms with Crippen molar-refractivity contribution in [2.45, 2.75) is 31.5 Å². The number of aromatic nitrogens is 1. The number of piperazine rings is 1. The molecule has 0 radical (unpaired) electrons. The molecule has 2 N–H and O–H groups in total. The van der Waals surface area contributed by atoms with E-state index in [-0.39, 0.29) is 24.9 Å². The minimum atomic E-state index is -0.882. The summed E-state index contributed by atoms with van der Waals surface area (Å²) in [5.74, 6) is 0.859. The number of nitrogens with one attached hydrogen (secondary N) is 1. The fourth-order valence-electron chi connectivity index (χ4n) is 5.94. The van der Waals surface area contributed by atoms with Crippen LogP contribution >= 0.6 is 0 Å². The molecule has 3 aromatic carbocycles. The Morgan fingerprint density at radius 3 is 2.56 bits per heavy atom. The Hall–Kier alpha value is -4.30. The van der Waals surface area contributed by atoms with Gasteiger partial charge in [0.25, 0.3) is 0 Å². The molecule has 1 saturated heterocycles. The van der Waals surface area contributed by atoms with E-state index in [9.17, 15) is 14.7 Å². The molecule has 1 fully saturated rings. The molecular weight excluding hydrogens is 494 g/mol. The number of hydrogen-bond acceptors (Lipinski definition) is 5. The second kappa shape index (κ2) is 10.1. The van der Waals surface area contributed by atoms with Gasteiger partial charge in [0.2, 0.25) is 11.8 Å². The van der Waals surface area contributed by atoms with Crippen molar-refractivity contribution < 1.29 is 24.2 Å².